The maximum absolute atomic E-state index is 6.24. The van der Waals surface area contributed by atoms with Gasteiger partial charge in [-0.1, -0.05) is 31.5 Å². The van der Waals surface area contributed by atoms with E-state index in [-0.39, 0.29) is 6.04 Å². The Morgan fingerprint density at radius 1 is 1.39 bits per heavy atom. The minimum Gasteiger partial charge on any atom is -0.437 e. The van der Waals surface area contributed by atoms with E-state index in [1.54, 1.807) is 11.8 Å². The van der Waals surface area contributed by atoms with Crippen LogP contribution in [0.4, 0.5) is 0 Å². The van der Waals surface area contributed by atoms with Crippen LogP contribution in [-0.4, -0.2) is 16.3 Å². The Balaban J connectivity index is 1.97. The van der Waals surface area contributed by atoms with Gasteiger partial charge < -0.3 is 10.2 Å². The lowest BCUT2D eigenvalue weighted by Gasteiger charge is -2.32. The van der Waals surface area contributed by atoms with Crippen molar-refractivity contribution in [3.8, 4) is 0 Å². The molecule has 1 saturated carbocycles. The molecule has 1 aromatic rings. The second-order valence-electron chi connectivity index (χ2n) is 5.41. The summed E-state index contributed by atoms with van der Waals surface area (Å²) < 4.78 is 5.66. The quantitative estimate of drug-likeness (QED) is 0.905. The van der Waals surface area contributed by atoms with Crippen molar-refractivity contribution in [3.05, 3.63) is 11.5 Å². The predicted octanol–water partition coefficient (Wildman–Crippen LogP) is 3.68. The minimum atomic E-state index is 0.288. The molecule has 102 valence electrons. The summed E-state index contributed by atoms with van der Waals surface area (Å²) in [4.78, 5) is 4.45. The summed E-state index contributed by atoms with van der Waals surface area (Å²) in [5, 5.41) is 1.26. The lowest BCUT2D eigenvalue weighted by molar-refractivity contribution is 0.315. The standard InChI is InChI=1S/C14H24N2OS/c1-4-5-11-6-7-12(15)13(8-11)18-14-16-9(2)10(3)17-14/h11-13H,4-8,15H2,1-3H3. The van der Waals surface area contributed by atoms with Gasteiger partial charge in [0, 0.05) is 11.3 Å². The van der Waals surface area contributed by atoms with Crippen LogP contribution in [0.25, 0.3) is 0 Å². The summed E-state index contributed by atoms with van der Waals surface area (Å²) in [6, 6.07) is 0.288. The van der Waals surface area contributed by atoms with E-state index in [0.717, 1.165) is 29.0 Å². The van der Waals surface area contributed by atoms with Crippen molar-refractivity contribution < 1.29 is 4.42 Å². The normalized spacial score (nSPS) is 28.6. The molecule has 2 N–H and O–H groups in total. The van der Waals surface area contributed by atoms with Gasteiger partial charge >= 0.3 is 0 Å². The second-order valence-corrected chi connectivity index (χ2v) is 6.60. The molecule has 0 saturated heterocycles. The number of oxazole rings is 1. The first-order chi connectivity index (χ1) is 8.60. The molecule has 2 rings (SSSR count). The van der Waals surface area contributed by atoms with Crippen molar-refractivity contribution in [1.82, 2.24) is 4.98 Å². The molecule has 0 aliphatic heterocycles. The van der Waals surface area contributed by atoms with Crippen LogP contribution in [0, 0.1) is 19.8 Å². The number of rotatable bonds is 4. The zero-order chi connectivity index (χ0) is 13.1. The van der Waals surface area contributed by atoms with Gasteiger partial charge in [0.2, 0.25) is 0 Å². The van der Waals surface area contributed by atoms with E-state index in [1.807, 2.05) is 13.8 Å². The van der Waals surface area contributed by atoms with Gasteiger partial charge in [0.05, 0.1) is 5.69 Å². The van der Waals surface area contributed by atoms with Crippen LogP contribution in [0.1, 0.15) is 50.5 Å². The molecule has 1 aromatic heterocycles. The summed E-state index contributed by atoms with van der Waals surface area (Å²) in [7, 11) is 0. The Labute approximate surface area is 114 Å². The van der Waals surface area contributed by atoms with Crippen molar-refractivity contribution in [1.29, 1.82) is 0 Å². The molecule has 3 unspecified atom stereocenters. The van der Waals surface area contributed by atoms with E-state index in [9.17, 15) is 0 Å². The predicted molar refractivity (Wildman–Crippen MR) is 75.8 cm³/mol. The van der Waals surface area contributed by atoms with E-state index in [4.69, 9.17) is 10.2 Å². The molecule has 0 radical (unpaired) electrons. The first-order valence-electron chi connectivity index (χ1n) is 6.96. The zero-order valence-electron chi connectivity index (χ0n) is 11.6. The summed E-state index contributed by atoms with van der Waals surface area (Å²) in [5.41, 5.74) is 7.23. The second kappa shape index (κ2) is 6.11. The lowest BCUT2D eigenvalue weighted by atomic mass is 9.83. The first-order valence-corrected chi connectivity index (χ1v) is 7.84. The highest BCUT2D eigenvalue weighted by Crippen LogP contribution is 2.37. The molecule has 0 spiro atoms. The molecule has 3 atom stereocenters. The molecule has 1 aliphatic rings. The first kappa shape index (κ1) is 13.9. The number of nitrogens with two attached hydrogens (primary N) is 1. The van der Waals surface area contributed by atoms with Crippen LogP contribution >= 0.6 is 11.8 Å². The minimum absolute atomic E-state index is 0.288. The van der Waals surface area contributed by atoms with Crippen molar-refractivity contribution in [3.63, 3.8) is 0 Å². The summed E-state index contributed by atoms with van der Waals surface area (Å²) in [5.74, 6) is 1.76. The number of hydrogen-bond acceptors (Lipinski definition) is 4. The summed E-state index contributed by atoms with van der Waals surface area (Å²) >= 11 is 1.73. The Kier molecular flexibility index (Phi) is 4.73. The van der Waals surface area contributed by atoms with Crippen LogP contribution in [0.5, 0.6) is 0 Å². The summed E-state index contributed by atoms with van der Waals surface area (Å²) in [6.07, 6.45) is 6.23. The zero-order valence-corrected chi connectivity index (χ0v) is 12.4. The van der Waals surface area contributed by atoms with Gasteiger partial charge in [-0.15, -0.1) is 0 Å². The van der Waals surface area contributed by atoms with Gasteiger partial charge in [-0.25, -0.2) is 4.98 Å². The molecule has 1 heterocycles. The number of aromatic nitrogens is 1. The highest BCUT2D eigenvalue weighted by Gasteiger charge is 2.29. The van der Waals surface area contributed by atoms with Crippen LogP contribution in [-0.2, 0) is 0 Å². The highest BCUT2D eigenvalue weighted by atomic mass is 32.2. The van der Waals surface area contributed by atoms with E-state index >= 15 is 0 Å². The lowest BCUT2D eigenvalue weighted by Crippen LogP contribution is -2.38. The third kappa shape index (κ3) is 3.29. The molecule has 4 heteroatoms. The van der Waals surface area contributed by atoms with E-state index in [1.165, 1.54) is 25.7 Å². The van der Waals surface area contributed by atoms with Gasteiger partial charge in [0.1, 0.15) is 5.76 Å². The fraction of sp³-hybridized carbons (Fsp3) is 0.786. The van der Waals surface area contributed by atoms with E-state index in [0.29, 0.717) is 5.25 Å². The highest BCUT2D eigenvalue weighted by molar-refractivity contribution is 7.99. The average molecular weight is 268 g/mol. The molecule has 3 nitrogen and oxygen atoms in total. The van der Waals surface area contributed by atoms with Crippen LogP contribution in [0.2, 0.25) is 0 Å². The van der Waals surface area contributed by atoms with E-state index in [2.05, 4.69) is 11.9 Å². The van der Waals surface area contributed by atoms with Crippen LogP contribution in [0.15, 0.2) is 9.64 Å². The van der Waals surface area contributed by atoms with Gasteiger partial charge in [0.25, 0.3) is 5.22 Å². The van der Waals surface area contributed by atoms with Crippen molar-refractivity contribution >= 4 is 11.8 Å². The molecule has 1 aliphatic carbocycles. The Bertz CT molecular complexity index is 372. The molecule has 18 heavy (non-hydrogen) atoms. The number of thioether (sulfide) groups is 1. The van der Waals surface area contributed by atoms with Crippen molar-refractivity contribution in [2.75, 3.05) is 0 Å². The molecular formula is C14H24N2OS. The number of nitrogens with zero attached hydrogens (tertiary/aromatic N) is 1. The number of aryl methyl sites for hydroxylation is 2. The number of hydrogen-bond donors (Lipinski definition) is 1. The van der Waals surface area contributed by atoms with Crippen molar-refractivity contribution in [2.45, 2.75) is 69.4 Å². The Hall–Kier alpha value is -0.480. The Morgan fingerprint density at radius 2 is 2.17 bits per heavy atom. The van der Waals surface area contributed by atoms with Crippen molar-refractivity contribution in [2.24, 2.45) is 11.7 Å². The fourth-order valence-corrected chi connectivity index (χ4v) is 3.97. The fourth-order valence-electron chi connectivity index (χ4n) is 2.66. The SMILES string of the molecule is CCCC1CCC(N)C(Sc2nc(C)c(C)o2)C1. The molecular weight excluding hydrogens is 244 g/mol. The van der Waals surface area contributed by atoms with Crippen LogP contribution in [0.3, 0.4) is 0 Å². The third-order valence-corrected chi connectivity index (χ3v) is 5.13. The maximum Gasteiger partial charge on any atom is 0.256 e. The van der Waals surface area contributed by atoms with Gasteiger partial charge in [0.15, 0.2) is 0 Å². The Morgan fingerprint density at radius 3 is 2.78 bits per heavy atom. The molecule has 0 bridgehead atoms. The average Bonchev–Trinajstić information content (AvgIpc) is 2.63. The molecule has 0 amide bonds. The topological polar surface area (TPSA) is 52.0 Å². The largest absolute Gasteiger partial charge is 0.437 e. The van der Waals surface area contributed by atoms with Gasteiger partial charge in [-0.05, 0) is 39.0 Å². The van der Waals surface area contributed by atoms with Crippen LogP contribution < -0.4 is 5.73 Å². The summed E-state index contributed by atoms with van der Waals surface area (Å²) in [6.45, 7) is 6.22. The maximum atomic E-state index is 6.24. The smallest absolute Gasteiger partial charge is 0.256 e. The van der Waals surface area contributed by atoms with Gasteiger partial charge in [-0.3, -0.25) is 0 Å². The van der Waals surface area contributed by atoms with Gasteiger partial charge in [-0.2, -0.15) is 0 Å². The molecule has 0 aromatic carbocycles. The van der Waals surface area contributed by atoms with E-state index < -0.39 is 0 Å². The third-order valence-electron chi connectivity index (χ3n) is 3.91. The monoisotopic (exact) mass is 268 g/mol. The molecule has 1 fully saturated rings.